The topological polar surface area (TPSA) is 116 Å². The fourth-order valence-corrected chi connectivity index (χ4v) is 6.76. The molecule has 0 saturated carbocycles. The number of hydrogen-bond donors (Lipinski definition) is 2. The van der Waals surface area contributed by atoms with Gasteiger partial charge in [-0.25, -0.2) is 23.9 Å². The maximum atomic E-state index is 15.6. The lowest BCUT2D eigenvalue weighted by atomic mass is 10.00. The first-order valence-corrected chi connectivity index (χ1v) is 16.4. The van der Waals surface area contributed by atoms with Gasteiger partial charge in [0, 0.05) is 30.1 Å². The van der Waals surface area contributed by atoms with Crippen LogP contribution in [0.4, 0.5) is 14.0 Å². The number of H-pyrrole nitrogens is 2. The van der Waals surface area contributed by atoms with Gasteiger partial charge < -0.3 is 19.4 Å². The second kappa shape index (κ2) is 11.2. The average molecular weight is 641 g/mol. The summed E-state index contributed by atoms with van der Waals surface area (Å²) in [7, 11) is 0. The summed E-state index contributed by atoms with van der Waals surface area (Å²) in [4.78, 5) is 45.6. The van der Waals surface area contributed by atoms with Crippen LogP contribution in [0.2, 0.25) is 0 Å². The van der Waals surface area contributed by atoms with Gasteiger partial charge in [-0.15, -0.1) is 0 Å². The predicted molar refractivity (Wildman–Crippen MR) is 178 cm³/mol. The highest BCUT2D eigenvalue weighted by molar-refractivity contribution is 6.05. The molecule has 0 bridgehead atoms. The van der Waals surface area contributed by atoms with Crippen LogP contribution in [0.5, 0.6) is 0 Å². The number of nitrogens with zero attached hydrogens (tertiary/aromatic N) is 4. The number of nitrogens with one attached hydrogen (secondary N) is 2. The molecule has 0 aliphatic carbocycles. The first-order valence-electron chi connectivity index (χ1n) is 16.4. The summed E-state index contributed by atoms with van der Waals surface area (Å²) in [5, 5.41) is 1.89. The van der Waals surface area contributed by atoms with Gasteiger partial charge >= 0.3 is 12.2 Å². The van der Waals surface area contributed by atoms with Crippen LogP contribution in [0, 0.1) is 5.82 Å². The Kier molecular flexibility index (Phi) is 7.40. The van der Waals surface area contributed by atoms with E-state index in [1.165, 1.54) is 6.07 Å². The van der Waals surface area contributed by atoms with Gasteiger partial charge in [0.15, 0.2) is 0 Å². The number of fused-ring (bicyclic) bond motifs is 4. The molecular formula is C36H41FN6O4. The number of likely N-dealkylation sites (tertiary alicyclic amines) is 2. The number of imidazole rings is 2. The van der Waals surface area contributed by atoms with E-state index in [9.17, 15) is 9.59 Å². The molecular weight excluding hydrogens is 599 g/mol. The van der Waals surface area contributed by atoms with E-state index in [4.69, 9.17) is 14.5 Å². The maximum absolute atomic E-state index is 15.6. The lowest BCUT2D eigenvalue weighted by Crippen LogP contribution is -2.36. The second-order valence-electron chi connectivity index (χ2n) is 14.7. The van der Waals surface area contributed by atoms with E-state index >= 15 is 4.39 Å². The SMILES string of the molecule is CC(C)(C)OC(=O)N1CCC[C@H]1c1nc2cc(F)c(-c3ccc4c(ccc5nc([C@@H]6CCCN6C(=O)OC(C)(C)C)[nH]c54)c3)cc2[nH]1. The Hall–Kier alpha value is -4.67. The molecule has 11 heteroatoms. The molecule has 2 saturated heterocycles. The van der Waals surface area contributed by atoms with Crippen molar-refractivity contribution in [3.8, 4) is 11.1 Å². The third-order valence-corrected chi connectivity index (χ3v) is 8.78. The van der Waals surface area contributed by atoms with Crippen molar-refractivity contribution in [3.63, 3.8) is 0 Å². The Morgan fingerprint density at radius 2 is 1.38 bits per heavy atom. The van der Waals surface area contributed by atoms with Crippen molar-refractivity contribution in [1.82, 2.24) is 29.7 Å². The van der Waals surface area contributed by atoms with Gasteiger partial charge in [-0.1, -0.05) is 18.2 Å². The molecule has 3 aromatic carbocycles. The number of ether oxygens (including phenoxy) is 2. The van der Waals surface area contributed by atoms with Crippen molar-refractivity contribution < 1.29 is 23.5 Å². The van der Waals surface area contributed by atoms with Gasteiger partial charge in [0.2, 0.25) is 0 Å². The lowest BCUT2D eigenvalue weighted by Gasteiger charge is -2.27. The smallest absolute Gasteiger partial charge is 0.410 e. The summed E-state index contributed by atoms with van der Waals surface area (Å²) < 4.78 is 26.9. The highest BCUT2D eigenvalue weighted by atomic mass is 19.1. The molecule has 4 heterocycles. The van der Waals surface area contributed by atoms with Crippen LogP contribution in [0.3, 0.4) is 0 Å². The number of benzene rings is 3. The van der Waals surface area contributed by atoms with Crippen LogP contribution < -0.4 is 0 Å². The molecule has 2 aliphatic heterocycles. The third-order valence-electron chi connectivity index (χ3n) is 8.78. The fraction of sp³-hybridized carbons (Fsp3) is 0.444. The lowest BCUT2D eigenvalue weighted by molar-refractivity contribution is 0.0208. The van der Waals surface area contributed by atoms with Crippen molar-refractivity contribution in [1.29, 1.82) is 0 Å². The zero-order chi connectivity index (χ0) is 33.2. The number of carbonyl (C=O) groups is 2. The number of carbonyl (C=O) groups excluding carboxylic acids is 2. The Labute approximate surface area is 272 Å². The number of halogens is 1. The number of hydrogen-bond acceptors (Lipinski definition) is 6. The summed E-state index contributed by atoms with van der Waals surface area (Å²) in [5.74, 6) is 0.987. The Balaban J connectivity index is 1.18. The highest BCUT2D eigenvalue weighted by Crippen LogP contribution is 2.37. The molecule has 10 nitrogen and oxygen atoms in total. The van der Waals surface area contributed by atoms with Crippen LogP contribution in [0.25, 0.3) is 44.0 Å². The minimum atomic E-state index is -0.597. The van der Waals surface area contributed by atoms with E-state index in [1.807, 2.05) is 71.9 Å². The number of aromatic amines is 2. The van der Waals surface area contributed by atoms with Crippen molar-refractivity contribution in [2.24, 2.45) is 0 Å². The summed E-state index contributed by atoms with van der Waals surface area (Å²) >= 11 is 0. The van der Waals surface area contributed by atoms with Crippen molar-refractivity contribution in [3.05, 3.63) is 59.9 Å². The minimum absolute atomic E-state index is 0.188. The van der Waals surface area contributed by atoms with Crippen LogP contribution >= 0.6 is 0 Å². The Morgan fingerprint density at radius 1 is 0.787 bits per heavy atom. The van der Waals surface area contributed by atoms with Gasteiger partial charge in [0.25, 0.3) is 0 Å². The number of aromatic nitrogens is 4. The van der Waals surface area contributed by atoms with Gasteiger partial charge in [0.1, 0.15) is 28.7 Å². The van der Waals surface area contributed by atoms with E-state index in [0.29, 0.717) is 35.5 Å². The first-order chi connectivity index (χ1) is 22.2. The molecule has 2 N–H and O–H groups in total. The second-order valence-corrected chi connectivity index (χ2v) is 14.7. The molecule has 246 valence electrons. The van der Waals surface area contributed by atoms with Crippen molar-refractivity contribution in [2.45, 2.75) is 90.5 Å². The van der Waals surface area contributed by atoms with Crippen LogP contribution in [0.1, 0.15) is 91.0 Å². The largest absolute Gasteiger partial charge is 0.444 e. The monoisotopic (exact) mass is 640 g/mol. The minimum Gasteiger partial charge on any atom is -0.444 e. The van der Waals surface area contributed by atoms with Gasteiger partial charge in [-0.05, 0) is 96.4 Å². The molecule has 7 rings (SSSR count). The maximum Gasteiger partial charge on any atom is 0.410 e. The van der Waals surface area contributed by atoms with Gasteiger partial charge in [-0.2, -0.15) is 0 Å². The molecule has 0 spiro atoms. The van der Waals surface area contributed by atoms with E-state index in [-0.39, 0.29) is 30.1 Å². The number of rotatable bonds is 3. The van der Waals surface area contributed by atoms with E-state index < -0.39 is 11.2 Å². The molecule has 0 unspecified atom stereocenters. The highest BCUT2D eigenvalue weighted by Gasteiger charge is 2.36. The Bertz CT molecular complexity index is 2020. The predicted octanol–water partition coefficient (Wildman–Crippen LogP) is 8.54. The molecule has 5 aromatic rings. The van der Waals surface area contributed by atoms with Gasteiger partial charge in [0.05, 0.1) is 34.2 Å². The van der Waals surface area contributed by atoms with Gasteiger partial charge in [-0.3, -0.25) is 9.80 Å². The number of amides is 2. The average Bonchev–Trinajstić information content (AvgIpc) is 3.78. The summed E-state index contributed by atoms with van der Waals surface area (Å²) in [6, 6.07) is 12.6. The molecule has 2 fully saturated rings. The Morgan fingerprint density at radius 3 is 2.00 bits per heavy atom. The standard InChI is InChI=1S/C36H41FN6O4/c1-35(2,3)46-33(44)42-15-7-9-28(42)31-39-26-18-23(24(37)19-27(26)40-31)21-11-13-22-20(17-21)12-14-25-30(22)41-32(38-25)29-10-8-16-43(29)34(45)47-36(4,5)6/h11-14,17-19,28-29H,7-10,15-16H2,1-6H3,(H,38,41)(H,39,40)/t28-,29-/m0/s1. The third kappa shape index (κ3) is 5.99. The molecule has 2 atom stereocenters. The zero-order valence-corrected chi connectivity index (χ0v) is 27.7. The zero-order valence-electron chi connectivity index (χ0n) is 27.7. The van der Waals surface area contributed by atoms with E-state index in [1.54, 1.807) is 15.9 Å². The summed E-state index contributed by atoms with van der Waals surface area (Å²) in [5.41, 5.74) is 2.91. The fourth-order valence-electron chi connectivity index (χ4n) is 6.76. The summed E-state index contributed by atoms with van der Waals surface area (Å²) in [6.45, 7) is 12.4. The first kappa shape index (κ1) is 31.0. The molecule has 2 aliphatic rings. The van der Waals surface area contributed by atoms with E-state index in [2.05, 4.69) is 15.0 Å². The molecule has 47 heavy (non-hydrogen) atoms. The van der Waals surface area contributed by atoms with E-state index in [0.717, 1.165) is 58.9 Å². The van der Waals surface area contributed by atoms with Crippen LogP contribution in [-0.2, 0) is 9.47 Å². The quantitative estimate of drug-likeness (QED) is 0.204. The van der Waals surface area contributed by atoms with Crippen molar-refractivity contribution >= 4 is 45.0 Å². The molecule has 2 aromatic heterocycles. The van der Waals surface area contributed by atoms with Crippen LogP contribution in [0.15, 0.2) is 42.5 Å². The van der Waals surface area contributed by atoms with Crippen LogP contribution in [-0.4, -0.2) is 66.2 Å². The normalized spacial score (nSPS) is 19.0. The summed E-state index contributed by atoms with van der Waals surface area (Å²) in [6.07, 6.45) is 2.57. The van der Waals surface area contributed by atoms with Crippen molar-refractivity contribution in [2.75, 3.05) is 13.1 Å². The molecule has 2 amide bonds. The molecule has 0 radical (unpaired) electrons.